The zero-order valence-electron chi connectivity index (χ0n) is 9.94. The van der Waals surface area contributed by atoms with Crippen LogP contribution in [-0.4, -0.2) is 0 Å². The van der Waals surface area contributed by atoms with E-state index in [1.54, 1.807) is 29.5 Å². The van der Waals surface area contributed by atoms with E-state index < -0.39 is 0 Å². The summed E-state index contributed by atoms with van der Waals surface area (Å²) in [6, 6.07) is 11.3. The van der Waals surface area contributed by atoms with Crippen LogP contribution in [-0.2, 0) is 13.0 Å². The predicted molar refractivity (Wildman–Crippen MR) is 74.2 cm³/mol. The largest absolute Gasteiger partial charge is 0.487 e. The number of benzene rings is 1. The molecule has 92 valence electrons. The molecule has 0 N–H and O–H groups in total. The molecular formula is C14H12ClNOS. The molecule has 0 aliphatic carbocycles. The second kappa shape index (κ2) is 5.90. The van der Waals surface area contributed by atoms with Crippen molar-refractivity contribution in [3.63, 3.8) is 0 Å². The smallest absolute Gasteiger partial charge is 0.139 e. The van der Waals surface area contributed by atoms with Gasteiger partial charge >= 0.3 is 0 Å². The molecule has 0 spiro atoms. The van der Waals surface area contributed by atoms with Crippen LogP contribution in [0.5, 0.6) is 5.75 Å². The summed E-state index contributed by atoms with van der Waals surface area (Å²) < 4.78 is 5.66. The van der Waals surface area contributed by atoms with Gasteiger partial charge in [0.05, 0.1) is 5.56 Å². The molecule has 1 aromatic carbocycles. The fourth-order valence-electron chi connectivity index (χ4n) is 1.55. The third-order valence-electron chi connectivity index (χ3n) is 2.50. The number of hydrogen-bond acceptors (Lipinski definition) is 3. The van der Waals surface area contributed by atoms with Crippen LogP contribution in [0.25, 0.3) is 0 Å². The van der Waals surface area contributed by atoms with Gasteiger partial charge < -0.3 is 4.74 Å². The monoisotopic (exact) mass is 277 g/mol. The summed E-state index contributed by atoms with van der Waals surface area (Å²) in [6.07, 6.45) is 1.03. The second-order valence-electron chi connectivity index (χ2n) is 3.76. The number of hydrogen-bond donors (Lipinski definition) is 0. The molecule has 0 atom stereocenters. The van der Waals surface area contributed by atoms with Gasteiger partial charge in [-0.3, -0.25) is 0 Å². The van der Waals surface area contributed by atoms with Crippen molar-refractivity contribution in [2.24, 2.45) is 0 Å². The standard InChI is InChI=1S/C14H12ClNOS/c1-2-12-5-6-13(18-12)9-17-14-7-11(15)4-3-10(14)8-16/h3-7H,2,9H2,1H3. The minimum atomic E-state index is 0.472. The minimum absolute atomic E-state index is 0.472. The summed E-state index contributed by atoms with van der Waals surface area (Å²) in [5.41, 5.74) is 0.506. The number of nitrogens with zero attached hydrogens (tertiary/aromatic N) is 1. The average molecular weight is 278 g/mol. The molecule has 0 saturated heterocycles. The predicted octanol–water partition coefficient (Wildman–Crippen LogP) is 4.41. The SMILES string of the molecule is CCc1ccc(COc2cc(Cl)ccc2C#N)s1. The van der Waals surface area contributed by atoms with Gasteiger partial charge in [0.15, 0.2) is 0 Å². The van der Waals surface area contributed by atoms with Crippen molar-refractivity contribution in [3.8, 4) is 11.8 Å². The number of rotatable bonds is 4. The minimum Gasteiger partial charge on any atom is -0.487 e. The first-order valence-electron chi connectivity index (χ1n) is 5.63. The van der Waals surface area contributed by atoms with Crippen molar-refractivity contribution in [3.05, 3.63) is 50.7 Å². The maximum atomic E-state index is 8.98. The van der Waals surface area contributed by atoms with Gasteiger partial charge in [-0.1, -0.05) is 18.5 Å². The van der Waals surface area contributed by atoms with Gasteiger partial charge in [-0.15, -0.1) is 11.3 Å². The Morgan fingerprint density at radius 3 is 2.72 bits per heavy atom. The van der Waals surface area contributed by atoms with Crippen LogP contribution in [0.15, 0.2) is 30.3 Å². The Bertz CT molecular complexity index is 586. The highest BCUT2D eigenvalue weighted by Gasteiger charge is 2.05. The Morgan fingerprint density at radius 2 is 2.06 bits per heavy atom. The van der Waals surface area contributed by atoms with Crippen LogP contribution in [0.1, 0.15) is 22.2 Å². The first kappa shape index (κ1) is 12.9. The Balaban J connectivity index is 2.10. The molecule has 0 unspecified atom stereocenters. The van der Waals surface area contributed by atoms with Crippen LogP contribution in [0.4, 0.5) is 0 Å². The van der Waals surface area contributed by atoms with Gasteiger partial charge in [-0.05, 0) is 30.7 Å². The van der Waals surface area contributed by atoms with E-state index in [0.29, 0.717) is 22.9 Å². The summed E-state index contributed by atoms with van der Waals surface area (Å²) in [5.74, 6) is 0.538. The van der Waals surface area contributed by atoms with E-state index in [9.17, 15) is 0 Å². The summed E-state index contributed by atoms with van der Waals surface area (Å²) >= 11 is 7.62. The molecule has 1 heterocycles. The van der Waals surface area contributed by atoms with Crippen molar-refractivity contribution in [1.82, 2.24) is 0 Å². The molecule has 18 heavy (non-hydrogen) atoms. The van der Waals surface area contributed by atoms with Crippen LogP contribution in [0, 0.1) is 11.3 Å². The van der Waals surface area contributed by atoms with E-state index in [1.165, 1.54) is 4.88 Å². The molecule has 0 amide bonds. The van der Waals surface area contributed by atoms with E-state index in [1.807, 2.05) is 0 Å². The van der Waals surface area contributed by atoms with E-state index in [4.69, 9.17) is 21.6 Å². The molecule has 0 fully saturated rings. The summed E-state index contributed by atoms with van der Waals surface area (Å²) in [5, 5.41) is 9.55. The van der Waals surface area contributed by atoms with Crippen molar-refractivity contribution < 1.29 is 4.74 Å². The van der Waals surface area contributed by atoms with Gasteiger partial charge in [0.2, 0.25) is 0 Å². The van der Waals surface area contributed by atoms with Gasteiger partial charge in [0.1, 0.15) is 18.4 Å². The van der Waals surface area contributed by atoms with Crippen molar-refractivity contribution in [1.29, 1.82) is 5.26 Å². The first-order chi connectivity index (χ1) is 8.72. The molecule has 2 rings (SSSR count). The fraction of sp³-hybridized carbons (Fsp3) is 0.214. The highest BCUT2D eigenvalue weighted by atomic mass is 35.5. The zero-order chi connectivity index (χ0) is 13.0. The third-order valence-corrected chi connectivity index (χ3v) is 3.94. The van der Waals surface area contributed by atoms with Gasteiger partial charge in [-0.2, -0.15) is 5.26 Å². The first-order valence-corrected chi connectivity index (χ1v) is 6.82. The van der Waals surface area contributed by atoms with Crippen molar-refractivity contribution in [2.45, 2.75) is 20.0 Å². The maximum Gasteiger partial charge on any atom is 0.139 e. The van der Waals surface area contributed by atoms with Gasteiger partial charge in [0.25, 0.3) is 0 Å². The van der Waals surface area contributed by atoms with Crippen LogP contribution < -0.4 is 4.74 Å². The molecule has 0 saturated carbocycles. The van der Waals surface area contributed by atoms with Crippen LogP contribution in [0.3, 0.4) is 0 Å². The molecule has 4 heteroatoms. The highest BCUT2D eigenvalue weighted by molar-refractivity contribution is 7.11. The molecule has 2 aromatic rings. The second-order valence-corrected chi connectivity index (χ2v) is 5.45. The van der Waals surface area contributed by atoms with Gasteiger partial charge in [-0.25, -0.2) is 0 Å². The Labute approximate surface area is 115 Å². The number of aryl methyl sites for hydroxylation is 1. The van der Waals surface area contributed by atoms with E-state index >= 15 is 0 Å². The maximum absolute atomic E-state index is 8.98. The lowest BCUT2D eigenvalue weighted by Crippen LogP contribution is -1.95. The fourth-order valence-corrected chi connectivity index (χ4v) is 2.58. The van der Waals surface area contributed by atoms with Crippen LogP contribution >= 0.6 is 22.9 Å². The van der Waals surface area contributed by atoms with E-state index in [-0.39, 0.29) is 0 Å². The molecule has 1 aromatic heterocycles. The molecule has 0 aliphatic rings. The van der Waals surface area contributed by atoms with Crippen molar-refractivity contribution >= 4 is 22.9 Å². The number of halogens is 1. The highest BCUT2D eigenvalue weighted by Crippen LogP contribution is 2.25. The zero-order valence-corrected chi connectivity index (χ0v) is 11.5. The average Bonchev–Trinajstić information content (AvgIpc) is 2.84. The van der Waals surface area contributed by atoms with E-state index in [0.717, 1.165) is 11.3 Å². The molecule has 0 aliphatic heterocycles. The molecular weight excluding hydrogens is 266 g/mol. The van der Waals surface area contributed by atoms with Crippen LogP contribution in [0.2, 0.25) is 5.02 Å². The van der Waals surface area contributed by atoms with Gasteiger partial charge in [0, 0.05) is 20.8 Å². The topological polar surface area (TPSA) is 33.0 Å². The normalized spacial score (nSPS) is 10.1. The Hall–Kier alpha value is -1.50. The lowest BCUT2D eigenvalue weighted by molar-refractivity contribution is 0.309. The molecule has 0 radical (unpaired) electrons. The Morgan fingerprint density at radius 1 is 1.28 bits per heavy atom. The number of thiophene rings is 1. The van der Waals surface area contributed by atoms with E-state index in [2.05, 4.69) is 25.1 Å². The number of ether oxygens (including phenoxy) is 1. The molecule has 2 nitrogen and oxygen atoms in total. The lowest BCUT2D eigenvalue weighted by Gasteiger charge is -2.06. The quantitative estimate of drug-likeness (QED) is 0.829. The summed E-state index contributed by atoms with van der Waals surface area (Å²) in [7, 11) is 0. The third kappa shape index (κ3) is 3.04. The summed E-state index contributed by atoms with van der Waals surface area (Å²) in [6.45, 7) is 2.60. The summed E-state index contributed by atoms with van der Waals surface area (Å²) in [4.78, 5) is 2.48. The van der Waals surface area contributed by atoms with Crippen molar-refractivity contribution in [2.75, 3.05) is 0 Å². The molecule has 0 bridgehead atoms. The Kier molecular flexibility index (Phi) is 4.24. The lowest BCUT2D eigenvalue weighted by atomic mass is 10.2. The number of nitriles is 1.